The molecule has 0 aromatic carbocycles. The molecule has 0 unspecified atom stereocenters. The molecule has 19 heavy (non-hydrogen) atoms. The molecule has 1 aromatic rings. The largest absolute Gasteiger partial charge is 0.468 e. The summed E-state index contributed by atoms with van der Waals surface area (Å²) in [5, 5.41) is 0.348. The molecule has 0 radical (unpaired) electrons. The number of aryl methyl sites for hydroxylation is 1. The molecule has 1 aromatic heterocycles. The fourth-order valence-electron chi connectivity index (χ4n) is 1.83. The Labute approximate surface area is 118 Å². The van der Waals surface area contributed by atoms with Crippen LogP contribution >= 0.6 is 11.6 Å². The van der Waals surface area contributed by atoms with Crippen LogP contribution in [-0.4, -0.2) is 36.3 Å². The minimum atomic E-state index is 0.348. The van der Waals surface area contributed by atoms with Gasteiger partial charge in [-0.1, -0.05) is 0 Å². The van der Waals surface area contributed by atoms with Gasteiger partial charge in [0.05, 0.1) is 12.7 Å². The van der Waals surface area contributed by atoms with E-state index in [1.54, 1.807) is 14.0 Å². The molecule has 1 heterocycles. The van der Waals surface area contributed by atoms with E-state index in [1.165, 1.54) is 0 Å². The zero-order chi connectivity index (χ0) is 14.3. The molecule has 0 amide bonds. The standard InChI is InChI=1S/C10H13ClN2O.C3H6O2/c1-6-3-9(13-10(11)12-6)7-4-8(5-7)14-2;1-2-5-3-4/h3,7-8H,4-5H2,1-2H3;3H,2H2,1H3. The van der Waals surface area contributed by atoms with Crippen molar-refractivity contribution in [1.82, 2.24) is 9.97 Å². The zero-order valence-corrected chi connectivity index (χ0v) is 12.2. The predicted octanol–water partition coefficient (Wildman–Crippen LogP) is 2.51. The minimum Gasteiger partial charge on any atom is -0.468 e. The van der Waals surface area contributed by atoms with E-state index in [0.717, 1.165) is 24.2 Å². The Balaban J connectivity index is 0.000000312. The number of carbonyl (C=O) groups is 1. The van der Waals surface area contributed by atoms with Crippen LogP contribution in [0.4, 0.5) is 0 Å². The number of ether oxygens (including phenoxy) is 2. The van der Waals surface area contributed by atoms with E-state index < -0.39 is 0 Å². The van der Waals surface area contributed by atoms with Crippen LogP contribution < -0.4 is 0 Å². The summed E-state index contributed by atoms with van der Waals surface area (Å²) in [7, 11) is 1.75. The van der Waals surface area contributed by atoms with Gasteiger partial charge in [-0.2, -0.15) is 0 Å². The lowest BCUT2D eigenvalue weighted by molar-refractivity contribution is -0.128. The van der Waals surface area contributed by atoms with Crippen LogP contribution in [0.3, 0.4) is 0 Å². The molecule has 0 aliphatic heterocycles. The maximum absolute atomic E-state index is 9.18. The molecule has 106 valence electrons. The van der Waals surface area contributed by atoms with Gasteiger partial charge in [-0.15, -0.1) is 0 Å². The molecule has 0 spiro atoms. The predicted molar refractivity (Wildman–Crippen MR) is 72.2 cm³/mol. The Morgan fingerprint density at radius 1 is 1.47 bits per heavy atom. The molecular weight excluding hydrogens is 268 g/mol. The summed E-state index contributed by atoms with van der Waals surface area (Å²) in [4.78, 5) is 17.4. The molecule has 1 fully saturated rings. The molecule has 0 saturated heterocycles. The van der Waals surface area contributed by atoms with Crippen molar-refractivity contribution < 1.29 is 14.3 Å². The van der Waals surface area contributed by atoms with E-state index >= 15 is 0 Å². The SMILES string of the molecule is CCOC=O.COC1CC(c2cc(C)nc(Cl)n2)C1. The first-order valence-electron chi connectivity index (χ1n) is 6.19. The summed E-state index contributed by atoms with van der Waals surface area (Å²) >= 11 is 5.79. The molecule has 6 heteroatoms. The summed E-state index contributed by atoms with van der Waals surface area (Å²) in [5.74, 6) is 0.499. The first kappa shape index (κ1) is 15.9. The van der Waals surface area contributed by atoms with E-state index in [0.29, 0.717) is 30.4 Å². The van der Waals surface area contributed by atoms with Crippen LogP contribution in [0.5, 0.6) is 0 Å². The van der Waals surface area contributed by atoms with Gasteiger partial charge in [0, 0.05) is 24.4 Å². The normalized spacial score (nSPS) is 20.8. The number of aromatic nitrogens is 2. The summed E-state index contributed by atoms with van der Waals surface area (Å²) in [5.41, 5.74) is 1.98. The summed E-state index contributed by atoms with van der Waals surface area (Å²) in [6.45, 7) is 4.60. The van der Waals surface area contributed by atoms with Crippen LogP contribution in [-0.2, 0) is 14.3 Å². The Morgan fingerprint density at radius 2 is 2.16 bits per heavy atom. The summed E-state index contributed by atoms with van der Waals surface area (Å²) < 4.78 is 9.37. The van der Waals surface area contributed by atoms with Crippen LogP contribution in [0.1, 0.15) is 37.1 Å². The number of hydrogen-bond acceptors (Lipinski definition) is 5. The van der Waals surface area contributed by atoms with Gasteiger partial charge in [-0.05, 0) is 44.4 Å². The Hall–Kier alpha value is -1.20. The number of nitrogens with zero attached hydrogens (tertiary/aromatic N) is 2. The average molecular weight is 287 g/mol. The molecule has 0 bridgehead atoms. The molecule has 1 saturated carbocycles. The number of halogens is 1. The van der Waals surface area contributed by atoms with Crippen molar-refractivity contribution in [3.63, 3.8) is 0 Å². The molecule has 2 rings (SSSR count). The molecule has 1 aliphatic carbocycles. The smallest absolute Gasteiger partial charge is 0.293 e. The monoisotopic (exact) mass is 286 g/mol. The fraction of sp³-hybridized carbons (Fsp3) is 0.615. The van der Waals surface area contributed by atoms with E-state index in [9.17, 15) is 4.79 Å². The van der Waals surface area contributed by atoms with Gasteiger partial charge in [-0.25, -0.2) is 9.97 Å². The number of rotatable bonds is 4. The lowest BCUT2D eigenvalue weighted by Gasteiger charge is -2.33. The second kappa shape index (κ2) is 8.07. The zero-order valence-electron chi connectivity index (χ0n) is 11.4. The number of methoxy groups -OCH3 is 1. The van der Waals surface area contributed by atoms with Crippen molar-refractivity contribution >= 4 is 18.1 Å². The number of hydrogen-bond donors (Lipinski definition) is 0. The summed E-state index contributed by atoms with van der Waals surface area (Å²) in [6, 6.07) is 2.00. The third-order valence-electron chi connectivity index (χ3n) is 2.93. The van der Waals surface area contributed by atoms with Crippen molar-refractivity contribution in [2.75, 3.05) is 13.7 Å². The van der Waals surface area contributed by atoms with Crippen molar-refractivity contribution in [3.05, 3.63) is 22.7 Å². The maximum Gasteiger partial charge on any atom is 0.293 e. The Bertz CT molecular complexity index is 389. The third kappa shape index (κ3) is 5.12. The number of carbonyl (C=O) groups excluding carboxylic acids is 1. The maximum atomic E-state index is 9.18. The van der Waals surface area contributed by atoms with Crippen molar-refractivity contribution in [2.24, 2.45) is 0 Å². The van der Waals surface area contributed by atoms with Gasteiger partial charge in [-0.3, -0.25) is 4.79 Å². The second-order valence-corrected chi connectivity index (χ2v) is 4.62. The minimum absolute atomic E-state index is 0.348. The van der Waals surface area contributed by atoms with Crippen LogP contribution in [0.2, 0.25) is 5.28 Å². The molecule has 0 N–H and O–H groups in total. The van der Waals surface area contributed by atoms with Gasteiger partial charge >= 0.3 is 0 Å². The highest BCUT2D eigenvalue weighted by molar-refractivity contribution is 6.28. The topological polar surface area (TPSA) is 61.3 Å². The van der Waals surface area contributed by atoms with Crippen molar-refractivity contribution in [1.29, 1.82) is 0 Å². The summed E-state index contributed by atoms with van der Waals surface area (Å²) in [6.07, 6.45) is 2.49. The molecule has 0 atom stereocenters. The van der Waals surface area contributed by atoms with Gasteiger partial charge in [0.1, 0.15) is 0 Å². The lowest BCUT2D eigenvalue weighted by Crippen LogP contribution is -2.29. The van der Waals surface area contributed by atoms with Gasteiger partial charge in [0.15, 0.2) is 0 Å². The Kier molecular flexibility index (Phi) is 6.73. The van der Waals surface area contributed by atoms with E-state index in [4.69, 9.17) is 16.3 Å². The van der Waals surface area contributed by atoms with Gasteiger partial charge in [0.25, 0.3) is 6.47 Å². The van der Waals surface area contributed by atoms with E-state index in [1.807, 2.05) is 13.0 Å². The van der Waals surface area contributed by atoms with Crippen molar-refractivity contribution in [3.8, 4) is 0 Å². The second-order valence-electron chi connectivity index (χ2n) is 4.28. The highest BCUT2D eigenvalue weighted by Gasteiger charge is 2.31. The van der Waals surface area contributed by atoms with E-state index in [-0.39, 0.29) is 0 Å². The average Bonchev–Trinajstić information content (AvgIpc) is 2.28. The van der Waals surface area contributed by atoms with Crippen LogP contribution in [0.25, 0.3) is 0 Å². The molecule has 5 nitrogen and oxygen atoms in total. The fourth-order valence-corrected chi connectivity index (χ4v) is 2.06. The van der Waals surface area contributed by atoms with Gasteiger partial charge < -0.3 is 9.47 Å². The highest BCUT2D eigenvalue weighted by Crippen LogP contribution is 2.37. The first-order valence-corrected chi connectivity index (χ1v) is 6.57. The van der Waals surface area contributed by atoms with Crippen molar-refractivity contribution in [2.45, 2.75) is 38.7 Å². The molecule has 1 aliphatic rings. The highest BCUT2D eigenvalue weighted by atomic mass is 35.5. The van der Waals surface area contributed by atoms with Gasteiger partial charge in [0.2, 0.25) is 5.28 Å². The lowest BCUT2D eigenvalue weighted by atomic mass is 9.80. The van der Waals surface area contributed by atoms with Crippen LogP contribution in [0, 0.1) is 6.92 Å². The quantitative estimate of drug-likeness (QED) is 0.629. The first-order chi connectivity index (χ1) is 9.10. The van der Waals surface area contributed by atoms with Crippen LogP contribution in [0.15, 0.2) is 6.07 Å². The Morgan fingerprint density at radius 3 is 2.58 bits per heavy atom. The van der Waals surface area contributed by atoms with E-state index in [2.05, 4.69) is 14.7 Å². The third-order valence-corrected chi connectivity index (χ3v) is 3.10. The molecular formula is C13H19ClN2O3.